The van der Waals surface area contributed by atoms with Gasteiger partial charge < -0.3 is 0 Å². The Balaban J connectivity index is 2.01. The maximum atomic E-state index is 12.1. The minimum absolute atomic E-state index is 0.343. The maximum Gasteiger partial charge on any atom is 0.240 e. The molecule has 1 N–H and O–H groups in total. The van der Waals surface area contributed by atoms with Crippen LogP contribution in [0.2, 0.25) is 0 Å². The summed E-state index contributed by atoms with van der Waals surface area (Å²) in [5, 5.41) is 0.997. The number of nitrogens with zero attached hydrogens (tertiary/aromatic N) is 1. The lowest BCUT2D eigenvalue weighted by molar-refractivity contribution is 0.581. The zero-order chi connectivity index (χ0) is 13.9. The molecule has 0 spiro atoms. The van der Waals surface area contributed by atoms with Gasteiger partial charge in [0.1, 0.15) is 0 Å². The molecule has 0 aliphatic rings. The fourth-order valence-corrected chi connectivity index (χ4v) is 3.84. The van der Waals surface area contributed by atoms with E-state index in [4.69, 9.17) is 0 Å². The molecule has 4 nitrogen and oxygen atoms in total. The predicted molar refractivity (Wildman–Crippen MR) is 76.9 cm³/mol. The van der Waals surface area contributed by atoms with Crippen molar-refractivity contribution in [3.05, 3.63) is 45.9 Å². The fourth-order valence-electron chi connectivity index (χ4n) is 1.77. The van der Waals surface area contributed by atoms with Gasteiger partial charge in [0.25, 0.3) is 0 Å². The van der Waals surface area contributed by atoms with E-state index in [0.717, 1.165) is 15.4 Å². The largest absolute Gasteiger partial charge is 0.250 e. The van der Waals surface area contributed by atoms with E-state index < -0.39 is 10.0 Å². The first-order valence-corrected chi connectivity index (χ1v) is 8.25. The van der Waals surface area contributed by atoms with E-state index in [0.29, 0.717) is 17.9 Å². The summed E-state index contributed by atoms with van der Waals surface area (Å²) in [4.78, 5) is 5.58. The van der Waals surface area contributed by atoms with Gasteiger partial charge in [-0.15, -0.1) is 11.3 Å². The molecule has 0 fully saturated rings. The van der Waals surface area contributed by atoms with E-state index in [1.807, 2.05) is 13.0 Å². The number of rotatable bonds is 5. The van der Waals surface area contributed by atoms with Gasteiger partial charge in [0.2, 0.25) is 10.0 Å². The van der Waals surface area contributed by atoms with Crippen molar-refractivity contribution in [2.45, 2.75) is 25.2 Å². The molecule has 102 valence electrons. The molecule has 0 saturated carbocycles. The van der Waals surface area contributed by atoms with Crippen LogP contribution < -0.4 is 4.72 Å². The third kappa shape index (κ3) is 3.62. The molecular weight excluding hydrogens is 280 g/mol. The van der Waals surface area contributed by atoms with Crippen molar-refractivity contribution in [1.29, 1.82) is 0 Å². The van der Waals surface area contributed by atoms with Crippen LogP contribution in [0.1, 0.15) is 15.4 Å². The number of thiazole rings is 1. The van der Waals surface area contributed by atoms with Crippen molar-refractivity contribution < 1.29 is 8.42 Å². The second-order valence-corrected chi connectivity index (χ2v) is 7.31. The average molecular weight is 296 g/mol. The van der Waals surface area contributed by atoms with E-state index in [-0.39, 0.29) is 0 Å². The minimum atomic E-state index is -3.42. The molecule has 0 atom stereocenters. The van der Waals surface area contributed by atoms with Gasteiger partial charge in [-0.2, -0.15) is 0 Å². The van der Waals surface area contributed by atoms with Gasteiger partial charge in [-0.1, -0.05) is 18.2 Å². The van der Waals surface area contributed by atoms with Gasteiger partial charge in [-0.05, 0) is 31.9 Å². The Bertz CT molecular complexity index is 663. The zero-order valence-corrected chi connectivity index (χ0v) is 12.5. The summed E-state index contributed by atoms with van der Waals surface area (Å²) in [5.74, 6) is 0. The van der Waals surface area contributed by atoms with Crippen molar-refractivity contribution in [2.24, 2.45) is 0 Å². The van der Waals surface area contributed by atoms with Crippen LogP contribution in [0, 0.1) is 13.8 Å². The zero-order valence-electron chi connectivity index (χ0n) is 10.9. The van der Waals surface area contributed by atoms with Crippen molar-refractivity contribution in [1.82, 2.24) is 9.71 Å². The number of sulfonamides is 1. The standard InChI is InChI=1S/C13H16N2O2S2/c1-10-5-3-4-6-13(10)19(16,17)15-8-7-12-9-14-11(2)18-12/h3-6,9,15H,7-8H2,1-2H3. The van der Waals surface area contributed by atoms with Crippen molar-refractivity contribution >= 4 is 21.4 Å². The summed E-state index contributed by atoms with van der Waals surface area (Å²) in [7, 11) is -3.42. The Morgan fingerprint density at radius 1 is 1.26 bits per heavy atom. The van der Waals surface area contributed by atoms with Gasteiger partial charge in [0, 0.05) is 17.6 Å². The van der Waals surface area contributed by atoms with E-state index in [1.165, 1.54) is 0 Å². The molecule has 1 heterocycles. The monoisotopic (exact) mass is 296 g/mol. The molecule has 0 aliphatic heterocycles. The van der Waals surface area contributed by atoms with Crippen LogP contribution in [0.3, 0.4) is 0 Å². The molecular formula is C13H16N2O2S2. The van der Waals surface area contributed by atoms with E-state index in [9.17, 15) is 8.42 Å². The quantitative estimate of drug-likeness (QED) is 0.921. The van der Waals surface area contributed by atoms with Gasteiger partial charge in [0.15, 0.2) is 0 Å². The lowest BCUT2D eigenvalue weighted by atomic mass is 10.2. The molecule has 2 aromatic rings. The SMILES string of the molecule is Cc1ncc(CCNS(=O)(=O)c2ccccc2C)s1. The molecule has 0 unspecified atom stereocenters. The summed E-state index contributed by atoms with van der Waals surface area (Å²) < 4.78 is 26.9. The fraction of sp³-hybridized carbons (Fsp3) is 0.308. The Hall–Kier alpha value is -1.24. The molecule has 2 rings (SSSR count). The van der Waals surface area contributed by atoms with Gasteiger partial charge >= 0.3 is 0 Å². The van der Waals surface area contributed by atoms with Crippen LogP contribution in [0.25, 0.3) is 0 Å². The van der Waals surface area contributed by atoms with Crippen LogP contribution in [0.4, 0.5) is 0 Å². The number of hydrogen-bond donors (Lipinski definition) is 1. The van der Waals surface area contributed by atoms with E-state index >= 15 is 0 Å². The van der Waals surface area contributed by atoms with Crippen LogP contribution in [0.5, 0.6) is 0 Å². The summed E-state index contributed by atoms with van der Waals surface area (Å²) in [6.07, 6.45) is 2.46. The Morgan fingerprint density at radius 2 is 2.00 bits per heavy atom. The third-order valence-electron chi connectivity index (χ3n) is 2.72. The Labute approximate surface area is 117 Å². The highest BCUT2D eigenvalue weighted by Crippen LogP contribution is 2.15. The molecule has 0 amide bonds. The maximum absolute atomic E-state index is 12.1. The highest BCUT2D eigenvalue weighted by Gasteiger charge is 2.15. The molecule has 19 heavy (non-hydrogen) atoms. The van der Waals surface area contributed by atoms with Crippen LogP contribution >= 0.6 is 11.3 Å². The first-order chi connectivity index (χ1) is 8.99. The first-order valence-electron chi connectivity index (χ1n) is 5.95. The predicted octanol–water partition coefficient (Wildman–Crippen LogP) is 2.28. The van der Waals surface area contributed by atoms with Crippen molar-refractivity contribution in [3.8, 4) is 0 Å². The van der Waals surface area contributed by atoms with Gasteiger partial charge in [-0.3, -0.25) is 0 Å². The second kappa shape index (κ2) is 5.81. The molecule has 1 aromatic heterocycles. The lowest BCUT2D eigenvalue weighted by Gasteiger charge is -2.08. The second-order valence-electron chi connectivity index (χ2n) is 4.26. The van der Waals surface area contributed by atoms with Gasteiger partial charge in [0.05, 0.1) is 9.90 Å². The summed E-state index contributed by atoms with van der Waals surface area (Å²) in [6.45, 7) is 4.12. The Kier molecular flexibility index (Phi) is 4.34. The summed E-state index contributed by atoms with van der Waals surface area (Å²) >= 11 is 1.59. The van der Waals surface area contributed by atoms with Crippen LogP contribution in [0.15, 0.2) is 35.4 Å². The number of nitrogens with one attached hydrogen (secondary N) is 1. The average Bonchev–Trinajstić information content (AvgIpc) is 2.75. The third-order valence-corrected chi connectivity index (χ3v) is 5.31. The van der Waals surface area contributed by atoms with E-state index in [2.05, 4.69) is 9.71 Å². The van der Waals surface area contributed by atoms with Crippen LogP contribution in [-0.4, -0.2) is 19.9 Å². The summed E-state index contributed by atoms with van der Waals surface area (Å²) in [6, 6.07) is 6.97. The molecule has 0 radical (unpaired) electrons. The Morgan fingerprint density at radius 3 is 2.63 bits per heavy atom. The minimum Gasteiger partial charge on any atom is -0.250 e. The number of aromatic nitrogens is 1. The van der Waals surface area contributed by atoms with Crippen LogP contribution in [-0.2, 0) is 16.4 Å². The molecule has 0 aliphatic carbocycles. The topological polar surface area (TPSA) is 59.1 Å². The molecule has 0 saturated heterocycles. The molecule has 0 bridgehead atoms. The highest BCUT2D eigenvalue weighted by atomic mass is 32.2. The number of benzene rings is 1. The molecule has 1 aromatic carbocycles. The molecule has 6 heteroatoms. The first kappa shape index (κ1) is 14.2. The smallest absolute Gasteiger partial charge is 0.240 e. The normalized spacial score (nSPS) is 11.7. The lowest BCUT2D eigenvalue weighted by Crippen LogP contribution is -2.26. The number of aryl methyl sites for hydroxylation is 2. The highest BCUT2D eigenvalue weighted by molar-refractivity contribution is 7.89. The van der Waals surface area contributed by atoms with Crippen molar-refractivity contribution in [3.63, 3.8) is 0 Å². The summed E-state index contributed by atoms with van der Waals surface area (Å²) in [5.41, 5.74) is 0.753. The van der Waals surface area contributed by atoms with Gasteiger partial charge in [-0.25, -0.2) is 18.1 Å². The van der Waals surface area contributed by atoms with E-state index in [1.54, 1.807) is 42.7 Å². The van der Waals surface area contributed by atoms with Crippen molar-refractivity contribution in [2.75, 3.05) is 6.54 Å². The number of hydrogen-bond acceptors (Lipinski definition) is 4.